The highest BCUT2D eigenvalue weighted by molar-refractivity contribution is 6.49. The van der Waals surface area contributed by atoms with Crippen molar-refractivity contribution < 1.29 is 9.31 Å². The molecular weight excluding hydrogens is 223 g/mol. The molecule has 0 aliphatic carbocycles. The Bertz CT molecular complexity index is 288. The molecule has 18 heavy (non-hydrogen) atoms. The van der Waals surface area contributed by atoms with Crippen molar-refractivity contribution in [3.63, 3.8) is 0 Å². The molecule has 1 aliphatic rings. The van der Waals surface area contributed by atoms with Crippen molar-refractivity contribution in [1.82, 2.24) is 0 Å². The number of hydrogen-bond acceptors (Lipinski definition) is 2. The van der Waals surface area contributed by atoms with E-state index < -0.39 is 0 Å². The van der Waals surface area contributed by atoms with E-state index in [0.717, 1.165) is 12.8 Å². The lowest BCUT2D eigenvalue weighted by Gasteiger charge is -2.38. The van der Waals surface area contributed by atoms with Gasteiger partial charge in [0.25, 0.3) is 0 Å². The summed E-state index contributed by atoms with van der Waals surface area (Å²) < 4.78 is 12.6. The average Bonchev–Trinajstić information content (AvgIpc) is 2.50. The maximum absolute atomic E-state index is 6.37. The summed E-state index contributed by atoms with van der Waals surface area (Å²) in [7, 11) is -0.0912. The Balaban J connectivity index is 2.88. The summed E-state index contributed by atoms with van der Waals surface area (Å²) in [4.78, 5) is 0. The summed E-state index contributed by atoms with van der Waals surface area (Å²) in [6.07, 6.45) is 3.32. The molecule has 0 amide bonds. The molecule has 0 spiro atoms. The summed E-state index contributed by atoms with van der Waals surface area (Å²) in [6.45, 7) is 17.7. The van der Waals surface area contributed by atoms with Gasteiger partial charge in [0.2, 0.25) is 0 Å². The van der Waals surface area contributed by atoms with Gasteiger partial charge in [-0.05, 0) is 38.4 Å². The maximum atomic E-state index is 6.37. The molecular formula is C15H31BO2. The zero-order chi connectivity index (χ0) is 14.2. The second-order valence-electron chi connectivity index (χ2n) is 7.37. The Hall–Kier alpha value is -0.0151. The van der Waals surface area contributed by atoms with Crippen LogP contribution in [0.4, 0.5) is 0 Å². The molecule has 2 atom stereocenters. The second-order valence-corrected chi connectivity index (χ2v) is 7.37. The fourth-order valence-corrected chi connectivity index (χ4v) is 2.38. The van der Waals surface area contributed by atoms with E-state index in [2.05, 4.69) is 55.4 Å². The molecule has 0 aromatic heterocycles. The first kappa shape index (κ1) is 16.0. The van der Waals surface area contributed by atoms with Gasteiger partial charge in [0, 0.05) is 0 Å². The smallest absolute Gasteiger partial charge is 0.403 e. The summed E-state index contributed by atoms with van der Waals surface area (Å²) in [5, 5.41) is 0.0739. The molecule has 0 radical (unpaired) electrons. The Morgan fingerprint density at radius 1 is 1.11 bits per heavy atom. The number of rotatable bonds is 5. The minimum absolute atomic E-state index is 0.0739. The Morgan fingerprint density at radius 2 is 1.67 bits per heavy atom. The lowest BCUT2D eigenvalue weighted by atomic mass is 9.58. The van der Waals surface area contributed by atoms with Crippen LogP contribution >= 0.6 is 0 Å². The van der Waals surface area contributed by atoms with Crippen LogP contribution in [0.25, 0.3) is 0 Å². The summed E-state index contributed by atoms with van der Waals surface area (Å²) >= 11 is 0. The molecule has 3 heteroatoms. The van der Waals surface area contributed by atoms with E-state index in [9.17, 15) is 0 Å². The molecule has 1 aliphatic heterocycles. The van der Waals surface area contributed by atoms with Crippen molar-refractivity contribution in [1.29, 1.82) is 0 Å². The van der Waals surface area contributed by atoms with Gasteiger partial charge < -0.3 is 9.31 Å². The monoisotopic (exact) mass is 254 g/mol. The molecule has 1 fully saturated rings. The predicted molar refractivity (Wildman–Crippen MR) is 78.8 cm³/mol. The molecule has 1 saturated heterocycles. The Morgan fingerprint density at radius 3 is 2.11 bits per heavy atom. The first-order valence-electron chi connectivity index (χ1n) is 7.43. The van der Waals surface area contributed by atoms with Crippen LogP contribution in [0.2, 0.25) is 5.31 Å². The summed E-state index contributed by atoms with van der Waals surface area (Å²) in [6, 6.07) is 0. The van der Waals surface area contributed by atoms with Crippen molar-refractivity contribution in [2.45, 2.75) is 91.2 Å². The van der Waals surface area contributed by atoms with E-state index in [0.29, 0.717) is 5.92 Å². The van der Waals surface area contributed by atoms with Crippen LogP contribution in [0.5, 0.6) is 0 Å². The van der Waals surface area contributed by atoms with E-state index >= 15 is 0 Å². The Kier molecular flexibility index (Phi) is 4.60. The third-order valence-electron chi connectivity index (χ3n) is 5.03. The van der Waals surface area contributed by atoms with Gasteiger partial charge in [0.1, 0.15) is 0 Å². The highest BCUT2D eigenvalue weighted by Crippen LogP contribution is 2.48. The van der Waals surface area contributed by atoms with Crippen molar-refractivity contribution in [2.75, 3.05) is 0 Å². The van der Waals surface area contributed by atoms with Crippen molar-refractivity contribution in [3.8, 4) is 0 Å². The molecule has 1 rings (SSSR count). The van der Waals surface area contributed by atoms with Crippen LogP contribution in [-0.2, 0) is 9.31 Å². The second kappa shape index (κ2) is 5.17. The van der Waals surface area contributed by atoms with Gasteiger partial charge in [-0.25, -0.2) is 0 Å². The van der Waals surface area contributed by atoms with E-state index in [1.165, 1.54) is 6.42 Å². The van der Waals surface area contributed by atoms with Crippen LogP contribution in [0.1, 0.15) is 74.7 Å². The van der Waals surface area contributed by atoms with Crippen molar-refractivity contribution >= 4 is 7.12 Å². The zero-order valence-electron chi connectivity index (χ0n) is 13.6. The molecule has 0 N–H and O–H groups in total. The topological polar surface area (TPSA) is 18.5 Å². The highest BCUT2D eigenvalue weighted by Gasteiger charge is 2.58. The summed E-state index contributed by atoms with van der Waals surface area (Å²) in [5.41, 5.74) is -0.396. The fourth-order valence-electron chi connectivity index (χ4n) is 2.38. The van der Waals surface area contributed by atoms with Crippen LogP contribution in [0.15, 0.2) is 0 Å². The fraction of sp³-hybridized carbons (Fsp3) is 1.00. The van der Waals surface area contributed by atoms with E-state index in [-0.39, 0.29) is 23.6 Å². The largest absolute Gasteiger partial charge is 0.463 e. The van der Waals surface area contributed by atoms with Gasteiger partial charge in [-0.1, -0.05) is 47.5 Å². The standard InChI is InChI=1S/C15H31BO2/c1-9-12(3)11-15(8)14(6,7)17-16(18-15)13(4,5)10-2/h12H,9-11H2,1-8H3. The molecule has 2 nitrogen and oxygen atoms in total. The minimum atomic E-state index is -0.215. The van der Waals surface area contributed by atoms with Crippen LogP contribution in [-0.4, -0.2) is 18.3 Å². The lowest BCUT2D eigenvalue weighted by Crippen LogP contribution is -2.45. The highest BCUT2D eigenvalue weighted by atomic mass is 16.7. The minimum Gasteiger partial charge on any atom is -0.403 e. The van der Waals surface area contributed by atoms with Crippen molar-refractivity contribution in [3.05, 3.63) is 0 Å². The molecule has 0 aromatic rings. The molecule has 106 valence electrons. The maximum Gasteiger partial charge on any atom is 0.463 e. The van der Waals surface area contributed by atoms with Crippen LogP contribution in [0, 0.1) is 5.92 Å². The lowest BCUT2D eigenvalue weighted by molar-refractivity contribution is -0.0257. The van der Waals surface area contributed by atoms with Gasteiger partial charge in [0.05, 0.1) is 11.2 Å². The molecule has 0 bridgehead atoms. The Labute approximate surface area is 114 Å². The SMILES string of the molecule is CCC(C)CC1(C)OB(C(C)(C)CC)OC1(C)C. The molecule has 1 heterocycles. The quantitative estimate of drug-likeness (QED) is 0.663. The first-order valence-corrected chi connectivity index (χ1v) is 7.43. The van der Waals surface area contributed by atoms with Crippen LogP contribution < -0.4 is 0 Å². The van der Waals surface area contributed by atoms with Gasteiger partial charge in [-0.2, -0.15) is 0 Å². The third kappa shape index (κ3) is 2.93. The predicted octanol–water partition coefficient (Wildman–Crippen LogP) is 4.69. The number of hydrogen-bond donors (Lipinski definition) is 0. The summed E-state index contributed by atoms with van der Waals surface area (Å²) in [5.74, 6) is 0.668. The van der Waals surface area contributed by atoms with E-state index in [4.69, 9.17) is 9.31 Å². The normalized spacial score (nSPS) is 29.7. The van der Waals surface area contributed by atoms with E-state index in [1.807, 2.05) is 0 Å². The van der Waals surface area contributed by atoms with Gasteiger partial charge in [-0.15, -0.1) is 0 Å². The van der Waals surface area contributed by atoms with Crippen molar-refractivity contribution in [2.24, 2.45) is 5.92 Å². The molecule has 0 saturated carbocycles. The van der Waals surface area contributed by atoms with Gasteiger partial charge in [0.15, 0.2) is 0 Å². The van der Waals surface area contributed by atoms with Crippen LogP contribution in [0.3, 0.4) is 0 Å². The molecule has 0 aromatic carbocycles. The molecule has 2 unspecified atom stereocenters. The van der Waals surface area contributed by atoms with Gasteiger partial charge in [-0.3, -0.25) is 0 Å². The zero-order valence-corrected chi connectivity index (χ0v) is 13.6. The third-order valence-corrected chi connectivity index (χ3v) is 5.03. The first-order chi connectivity index (χ1) is 8.08. The van der Waals surface area contributed by atoms with E-state index in [1.54, 1.807) is 0 Å². The van der Waals surface area contributed by atoms with Gasteiger partial charge >= 0.3 is 7.12 Å². The average molecular weight is 254 g/mol.